The van der Waals surface area contributed by atoms with Crippen LogP contribution < -0.4 is 10.1 Å². The number of nitrogens with one attached hydrogen (secondary N) is 1. The van der Waals surface area contributed by atoms with Crippen molar-refractivity contribution in [2.75, 3.05) is 13.1 Å². The first-order valence-corrected chi connectivity index (χ1v) is 9.19. The van der Waals surface area contributed by atoms with Gasteiger partial charge in [-0.15, -0.1) is 0 Å². The summed E-state index contributed by atoms with van der Waals surface area (Å²) in [5.74, 6) is -0.275. The van der Waals surface area contributed by atoms with Crippen molar-refractivity contribution in [3.05, 3.63) is 29.3 Å². The number of amides is 4. The lowest BCUT2D eigenvalue weighted by molar-refractivity contribution is -0.137. The van der Waals surface area contributed by atoms with Crippen LogP contribution in [0.25, 0.3) is 0 Å². The number of nitrogens with zero attached hydrogens (tertiary/aromatic N) is 2. The van der Waals surface area contributed by atoms with E-state index >= 15 is 0 Å². The highest BCUT2D eigenvalue weighted by molar-refractivity contribution is 6.05. The molecule has 0 radical (unpaired) electrons. The van der Waals surface area contributed by atoms with Gasteiger partial charge in [-0.3, -0.25) is 24.5 Å². The molecule has 2 saturated heterocycles. The molecule has 1 N–H and O–H groups in total. The molecule has 0 saturated carbocycles. The van der Waals surface area contributed by atoms with Gasteiger partial charge in [-0.05, 0) is 18.6 Å². The number of carbonyl (C=O) groups is 4. The fraction of sp³-hybridized carbons (Fsp3) is 0.474. The second-order valence-electron chi connectivity index (χ2n) is 7.14. The van der Waals surface area contributed by atoms with Gasteiger partial charge in [0.25, 0.3) is 5.91 Å². The van der Waals surface area contributed by atoms with Crippen LogP contribution in [0.3, 0.4) is 0 Å². The molecular weight excluding hydrogens is 350 g/mol. The predicted octanol–water partition coefficient (Wildman–Crippen LogP) is 0.447. The van der Waals surface area contributed by atoms with Gasteiger partial charge in [-0.25, -0.2) is 0 Å². The van der Waals surface area contributed by atoms with Gasteiger partial charge in [0.2, 0.25) is 18.2 Å². The SMILES string of the molecule is O=CN1CCC(Oc2cccc3c2CN(C2CCC(=O)NC2=O)C3=O)CC1. The van der Waals surface area contributed by atoms with E-state index in [1.165, 1.54) is 4.90 Å². The Hall–Kier alpha value is -2.90. The molecule has 1 aromatic carbocycles. The summed E-state index contributed by atoms with van der Waals surface area (Å²) in [6.45, 7) is 1.61. The highest BCUT2D eigenvalue weighted by Crippen LogP contribution is 2.34. The van der Waals surface area contributed by atoms with E-state index in [0.29, 0.717) is 37.4 Å². The van der Waals surface area contributed by atoms with E-state index in [1.54, 1.807) is 17.0 Å². The summed E-state index contributed by atoms with van der Waals surface area (Å²) in [6, 6.07) is 4.73. The lowest BCUT2D eigenvalue weighted by Gasteiger charge is -2.30. The van der Waals surface area contributed by atoms with Gasteiger partial charge in [0, 0.05) is 43.5 Å². The predicted molar refractivity (Wildman–Crippen MR) is 93.8 cm³/mol. The standard InChI is InChI=1S/C19H21N3O5/c23-11-21-8-6-12(7-9-21)27-16-3-1-2-13-14(16)10-22(19(13)26)15-4-5-17(24)20-18(15)25/h1-3,11-12,15H,4-10H2,(H,20,24,25). The first kappa shape index (κ1) is 17.5. The molecule has 0 aliphatic carbocycles. The van der Waals surface area contributed by atoms with Crippen LogP contribution in [0, 0.1) is 0 Å². The van der Waals surface area contributed by atoms with E-state index in [2.05, 4.69) is 5.32 Å². The van der Waals surface area contributed by atoms with Crippen LogP contribution in [0.4, 0.5) is 0 Å². The fourth-order valence-electron chi connectivity index (χ4n) is 3.95. The normalized spacial score (nSPS) is 23.3. The minimum absolute atomic E-state index is 0.00699. The van der Waals surface area contributed by atoms with Crippen molar-refractivity contribution < 1.29 is 23.9 Å². The van der Waals surface area contributed by atoms with Crippen LogP contribution in [0.1, 0.15) is 41.6 Å². The Balaban J connectivity index is 1.50. The molecule has 4 amide bonds. The zero-order valence-electron chi connectivity index (χ0n) is 14.8. The molecule has 27 heavy (non-hydrogen) atoms. The van der Waals surface area contributed by atoms with Gasteiger partial charge < -0.3 is 14.5 Å². The molecule has 3 aliphatic heterocycles. The summed E-state index contributed by atoms with van der Waals surface area (Å²) in [7, 11) is 0. The topological polar surface area (TPSA) is 96.0 Å². The first-order chi connectivity index (χ1) is 13.1. The van der Waals surface area contributed by atoms with Crippen molar-refractivity contribution in [3.63, 3.8) is 0 Å². The Morgan fingerprint density at radius 2 is 1.89 bits per heavy atom. The third kappa shape index (κ3) is 3.27. The molecule has 0 spiro atoms. The molecule has 0 bridgehead atoms. The highest BCUT2D eigenvalue weighted by Gasteiger charge is 2.40. The van der Waals surface area contributed by atoms with Crippen LogP contribution in [0.5, 0.6) is 5.75 Å². The number of hydrogen-bond acceptors (Lipinski definition) is 5. The molecule has 2 fully saturated rings. The van der Waals surface area contributed by atoms with Gasteiger partial charge in [-0.1, -0.05) is 6.07 Å². The number of imide groups is 1. The number of likely N-dealkylation sites (tertiary alicyclic amines) is 1. The van der Waals surface area contributed by atoms with Gasteiger partial charge in [0.15, 0.2) is 0 Å². The second-order valence-corrected chi connectivity index (χ2v) is 7.14. The average Bonchev–Trinajstić information content (AvgIpc) is 3.00. The zero-order valence-corrected chi connectivity index (χ0v) is 14.8. The number of piperidine rings is 2. The van der Waals surface area contributed by atoms with Gasteiger partial charge in [0.05, 0.1) is 6.54 Å². The number of carbonyl (C=O) groups excluding carboxylic acids is 4. The average molecular weight is 371 g/mol. The number of rotatable bonds is 4. The smallest absolute Gasteiger partial charge is 0.255 e. The van der Waals surface area contributed by atoms with E-state index in [1.807, 2.05) is 6.07 Å². The second kappa shape index (κ2) is 7.02. The lowest BCUT2D eigenvalue weighted by atomic mass is 10.0. The molecular formula is C19H21N3O5. The van der Waals surface area contributed by atoms with E-state index < -0.39 is 11.9 Å². The maximum Gasteiger partial charge on any atom is 0.255 e. The number of ether oxygens (including phenoxy) is 1. The molecule has 0 aromatic heterocycles. The lowest BCUT2D eigenvalue weighted by Crippen LogP contribution is -2.52. The van der Waals surface area contributed by atoms with Crippen molar-refractivity contribution >= 4 is 24.1 Å². The van der Waals surface area contributed by atoms with Crippen LogP contribution in [0.2, 0.25) is 0 Å². The Bertz CT molecular complexity index is 801. The Morgan fingerprint density at radius 3 is 2.59 bits per heavy atom. The van der Waals surface area contributed by atoms with Crippen molar-refractivity contribution in [1.29, 1.82) is 0 Å². The largest absolute Gasteiger partial charge is 0.490 e. The number of fused-ring (bicyclic) bond motifs is 1. The summed E-state index contributed by atoms with van der Waals surface area (Å²) in [5, 5.41) is 2.31. The molecule has 1 atom stereocenters. The Kier molecular flexibility index (Phi) is 4.55. The van der Waals surface area contributed by atoms with Crippen molar-refractivity contribution in [2.24, 2.45) is 0 Å². The van der Waals surface area contributed by atoms with Crippen LogP contribution >= 0.6 is 0 Å². The molecule has 8 nitrogen and oxygen atoms in total. The Morgan fingerprint density at radius 1 is 1.11 bits per heavy atom. The molecule has 142 valence electrons. The summed E-state index contributed by atoms with van der Waals surface area (Å²) in [5.41, 5.74) is 1.33. The molecule has 3 heterocycles. The first-order valence-electron chi connectivity index (χ1n) is 9.19. The van der Waals surface area contributed by atoms with Crippen molar-refractivity contribution in [2.45, 2.75) is 44.4 Å². The zero-order chi connectivity index (χ0) is 19.0. The van der Waals surface area contributed by atoms with Crippen molar-refractivity contribution in [1.82, 2.24) is 15.1 Å². The van der Waals surface area contributed by atoms with Crippen molar-refractivity contribution in [3.8, 4) is 5.75 Å². The molecule has 3 aliphatic rings. The van der Waals surface area contributed by atoms with Crippen LogP contribution in [0.15, 0.2) is 18.2 Å². The number of benzene rings is 1. The number of hydrogen-bond donors (Lipinski definition) is 1. The van der Waals surface area contributed by atoms with Gasteiger partial charge >= 0.3 is 0 Å². The molecule has 8 heteroatoms. The van der Waals surface area contributed by atoms with Crippen LogP contribution in [-0.4, -0.2) is 59.2 Å². The quantitative estimate of drug-likeness (QED) is 0.612. The Labute approximate surface area is 156 Å². The summed E-state index contributed by atoms with van der Waals surface area (Å²) >= 11 is 0. The maximum atomic E-state index is 12.8. The maximum absolute atomic E-state index is 12.8. The van der Waals surface area contributed by atoms with Crippen LogP contribution in [-0.2, 0) is 20.9 Å². The summed E-state index contributed by atoms with van der Waals surface area (Å²) in [6.07, 6.45) is 2.90. The van der Waals surface area contributed by atoms with E-state index in [4.69, 9.17) is 4.74 Å². The minimum atomic E-state index is -0.633. The van der Waals surface area contributed by atoms with Gasteiger partial charge in [0.1, 0.15) is 17.9 Å². The monoisotopic (exact) mass is 371 g/mol. The fourth-order valence-corrected chi connectivity index (χ4v) is 3.95. The third-order valence-corrected chi connectivity index (χ3v) is 5.46. The highest BCUT2D eigenvalue weighted by atomic mass is 16.5. The molecule has 4 rings (SSSR count). The van der Waals surface area contributed by atoms with E-state index in [0.717, 1.165) is 24.8 Å². The molecule has 1 unspecified atom stereocenters. The van der Waals surface area contributed by atoms with E-state index in [-0.39, 0.29) is 24.3 Å². The van der Waals surface area contributed by atoms with Gasteiger partial charge in [-0.2, -0.15) is 0 Å². The summed E-state index contributed by atoms with van der Waals surface area (Å²) < 4.78 is 6.14. The third-order valence-electron chi connectivity index (χ3n) is 5.46. The summed E-state index contributed by atoms with van der Waals surface area (Å²) in [4.78, 5) is 50.4. The van der Waals surface area contributed by atoms with E-state index in [9.17, 15) is 19.2 Å². The minimum Gasteiger partial charge on any atom is -0.490 e. The molecule has 1 aromatic rings.